The second-order valence-electron chi connectivity index (χ2n) is 3.58. The summed E-state index contributed by atoms with van der Waals surface area (Å²) in [7, 11) is 0. The fourth-order valence-corrected chi connectivity index (χ4v) is 2.11. The van der Waals surface area contributed by atoms with Crippen LogP contribution in [0.3, 0.4) is 0 Å². The van der Waals surface area contributed by atoms with Crippen molar-refractivity contribution in [3.8, 4) is 0 Å². The average Bonchev–Trinajstić information content (AvgIpc) is 2.50. The van der Waals surface area contributed by atoms with Crippen molar-refractivity contribution in [3.05, 3.63) is 11.1 Å². The van der Waals surface area contributed by atoms with Crippen molar-refractivity contribution in [1.82, 2.24) is 4.98 Å². The van der Waals surface area contributed by atoms with Crippen molar-refractivity contribution in [2.24, 2.45) is 11.7 Å². The highest BCUT2D eigenvalue weighted by Gasteiger charge is 2.17. The zero-order chi connectivity index (χ0) is 9.97. The van der Waals surface area contributed by atoms with Crippen molar-refractivity contribution in [3.63, 3.8) is 0 Å². The Bertz CT molecular complexity index is 333. The highest BCUT2D eigenvalue weighted by atomic mass is 32.1. The molecule has 1 heterocycles. The standard InChI is InChI=1S/C9H13N3OS/c10-8(13)7-5-14-9(12-7)11-4-6-2-1-3-6/h5-6H,1-4H2,(H2,10,13)(H,11,12). The number of carbonyl (C=O) groups excluding carboxylic acids is 1. The Morgan fingerprint density at radius 1 is 1.71 bits per heavy atom. The molecular formula is C9H13N3OS. The number of rotatable bonds is 4. The van der Waals surface area contributed by atoms with Crippen LogP contribution in [0, 0.1) is 5.92 Å². The first-order valence-corrected chi connectivity index (χ1v) is 5.63. The first kappa shape index (κ1) is 9.45. The molecule has 76 valence electrons. The van der Waals surface area contributed by atoms with Gasteiger partial charge in [-0.3, -0.25) is 4.79 Å². The third kappa shape index (κ3) is 2.04. The van der Waals surface area contributed by atoms with Gasteiger partial charge in [0.15, 0.2) is 5.13 Å². The maximum atomic E-state index is 10.8. The molecular weight excluding hydrogens is 198 g/mol. The molecule has 1 aromatic rings. The fraction of sp³-hybridized carbons (Fsp3) is 0.556. The molecule has 0 aliphatic heterocycles. The van der Waals surface area contributed by atoms with Crippen LogP contribution >= 0.6 is 11.3 Å². The number of nitrogens with one attached hydrogen (secondary N) is 1. The minimum Gasteiger partial charge on any atom is -0.364 e. The first-order valence-electron chi connectivity index (χ1n) is 4.75. The van der Waals surface area contributed by atoms with Gasteiger partial charge in [-0.25, -0.2) is 4.98 Å². The lowest BCUT2D eigenvalue weighted by atomic mass is 9.86. The fourth-order valence-electron chi connectivity index (χ4n) is 1.40. The molecule has 5 heteroatoms. The maximum Gasteiger partial charge on any atom is 0.268 e. The highest BCUT2D eigenvalue weighted by Crippen LogP contribution is 2.27. The van der Waals surface area contributed by atoms with E-state index in [1.165, 1.54) is 30.6 Å². The smallest absolute Gasteiger partial charge is 0.268 e. The van der Waals surface area contributed by atoms with Crippen molar-refractivity contribution >= 4 is 22.4 Å². The van der Waals surface area contributed by atoms with Crippen molar-refractivity contribution < 1.29 is 4.79 Å². The third-order valence-corrected chi connectivity index (χ3v) is 3.32. The van der Waals surface area contributed by atoms with E-state index in [2.05, 4.69) is 10.3 Å². The van der Waals surface area contributed by atoms with Gasteiger partial charge in [0.05, 0.1) is 0 Å². The molecule has 3 N–H and O–H groups in total. The van der Waals surface area contributed by atoms with E-state index in [1.54, 1.807) is 5.38 Å². The number of anilines is 1. The van der Waals surface area contributed by atoms with Crippen LogP contribution in [0.4, 0.5) is 5.13 Å². The van der Waals surface area contributed by atoms with Gasteiger partial charge >= 0.3 is 0 Å². The molecule has 0 bridgehead atoms. The molecule has 0 radical (unpaired) electrons. The molecule has 1 aliphatic rings. The van der Waals surface area contributed by atoms with Crippen LogP contribution in [0.2, 0.25) is 0 Å². The summed E-state index contributed by atoms with van der Waals surface area (Å²) in [6.07, 6.45) is 3.96. The Morgan fingerprint density at radius 2 is 2.50 bits per heavy atom. The van der Waals surface area contributed by atoms with Crippen LogP contribution in [0.1, 0.15) is 29.8 Å². The lowest BCUT2D eigenvalue weighted by Gasteiger charge is -2.25. The van der Waals surface area contributed by atoms with E-state index >= 15 is 0 Å². The molecule has 1 fully saturated rings. The summed E-state index contributed by atoms with van der Waals surface area (Å²) < 4.78 is 0. The Morgan fingerprint density at radius 3 is 3.00 bits per heavy atom. The number of aromatic nitrogens is 1. The molecule has 1 saturated carbocycles. The SMILES string of the molecule is NC(=O)c1csc(NCC2CCC2)n1. The van der Waals surface area contributed by atoms with Gasteiger partial charge in [-0.1, -0.05) is 6.42 Å². The Balaban J connectivity index is 1.86. The Labute approximate surface area is 86.5 Å². The zero-order valence-electron chi connectivity index (χ0n) is 7.82. The molecule has 0 atom stereocenters. The summed E-state index contributed by atoms with van der Waals surface area (Å²) >= 11 is 1.43. The molecule has 2 rings (SSSR count). The van der Waals surface area contributed by atoms with Crippen molar-refractivity contribution in [2.75, 3.05) is 11.9 Å². The van der Waals surface area contributed by atoms with Crippen LogP contribution in [0.15, 0.2) is 5.38 Å². The second kappa shape index (κ2) is 3.96. The summed E-state index contributed by atoms with van der Waals surface area (Å²) in [5.74, 6) is 0.328. The van der Waals surface area contributed by atoms with E-state index in [0.717, 1.165) is 17.6 Å². The number of nitrogens with two attached hydrogens (primary N) is 1. The van der Waals surface area contributed by atoms with Gasteiger partial charge in [0, 0.05) is 11.9 Å². The van der Waals surface area contributed by atoms with Crippen LogP contribution in [0.25, 0.3) is 0 Å². The van der Waals surface area contributed by atoms with E-state index in [4.69, 9.17) is 5.73 Å². The second-order valence-corrected chi connectivity index (χ2v) is 4.44. The molecule has 4 nitrogen and oxygen atoms in total. The average molecular weight is 211 g/mol. The number of nitrogens with zero attached hydrogens (tertiary/aromatic N) is 1. The minimum absolute atomic E-state index is 0.353. The van der Waals surface area contributed by atoms with Gasteiger partial charge in [-0.2, -0.15) is 0 Å². The predicted molar refractivity (Wildman–Crippen MR) is 56.5 cm³/mol. The first-order chi connectivity index (χ1) is 6.75. The van der Waals surface area contributed by atoms with E-state index in [9.17, 15) is 4.79 Å². The van der Waals surface area contributed by atoms with Gasteiger partial charge in [0.1, 0.15) is 5.69 Å². The Hall–Kier alpha value is -1.10. The molecule has 0 spiro atoms. The van der Waals surface area contributed by atoms with Crippen molar-refractivity contribution in [1.29, 1.82) is 0 Å². The summed E-state index contributed by atoms with van der Waals surface area (Å²) in [5, 5.41) is 5.70. The largest absolute Gasteiger partial charge is 0.364 e. The molecule has 0 unspecified atom stereocenters. The summed E-state index contributed by atoms with van der Waals surface area (Å²) in [6, 6.07) is 0. The maximum absolute atomic E-state index is 10.8. The molecule has 1 aliphatic carbocycles. The van der Waals surface area contributed by atoms with Gasteiger partial charge in [0.25, 0.3) is 5.91 Å². The zero-order valence-corrected chi connectivity index (χ0v) is 8.64. The quantitative estimate of drug-likeness (QED) is 0.792. The molecule has 14 heavy (non-hydrogen) atoms. The third-order valence-electron chi connectivity index (χ3n) is 2.52. The van der Waals surface area contributed by atoms with Gasteiger partial charge in [-0.05, 0) is 18.8 Å². The number of primary amides is 1. The van der Waals surface area contributed by atoms with Gasteiger partial charge < -0.3 is 11.1 Å². The number of carbonyl (C=O) groups is 1. The molecule has 0 aromatic carbocycles. The number of amides is 1. The van der Waals surface area contributed by atoms with Crippen LogP contribution in [-0.4, -0.2) is 17.4 Å². The van der Waals surface area contributed by atoms with Crippen LogP contribution in [-0.2, 0) is 0 Å². The summed E-state index contributed by atoms with van der Waals surface area (Å²) in [6.45, 7) is 0.964. The van der Waals surface area contributed by atoms with Crippen molar-refractivity contribution in [2.45, 2.75) is 19.3 Å². The number of hydrogen-bond acceptors (Lipinski definition) is 4. The lowest BCUT2D eigenvalue weighted by molar-refractivity contribution is 0.0996. The minimum atomic E-state index is -0.460. The number of hydrogen-bond donors (Lipinski definition) is 2. The molecule has 0 saturated heterocycles. The van der Waals surface area contributed by atoms with E-state index in [1.807, 2.05) is 0 Å². The monoisotopic (exact) mass is 211 g/mol. The van der Waals surface area contributed by atoms with Gasteiger partial charge in [0.2, 0.25) is 0 Å². The lowest BCUT2D eigenvalue weighted by Crippen LogP contribution is -2.21. The Kier molecular flexibility index (Phi) is 2.67. The molecule has 1 amide bonds. The molecule has 1 aromatic heterocycles. The highest BCUT2D eigenvalue weighted by molar-refractivity contribution is 7.13. The van der Waals surface area contributed by atoms with Crippen LogP contribution in [0.5, 0.6) is 0 Å². The number of thiazole rings is 1. The predicted octanol–water partition coefficient (Wildman–Crippen LogP) is 1.45. The summed E-state index contributed by atoms with van der Waals surface area (Å²) in [4.78, 5) is 14.8. The topological polar surface area (TPSA) is 68.0 Å². The van der Waals surface area contributed by atoms with E-state index < -0.39 is 5.91 Å². The van der Waals surface area contributed by atoms with E-state index in [0.29, 0.717) is 5.69 Å². The normalized spacial score (nSPS) is 16.3. The summed E-state index contributed by atoms with van der Waals surface area (Å²) in [5.41, 5.74) is 5.45. The van der Waals surface area contributed by atoms with Gasteiger partial charge in [-0.15, -0.1) is 11.3 Å². The van der Waals surface area contributed by atoms with Crippen LogP contribution < -0.4 is 11.1 Å². The van der Waals surface area contributed by atoms with E-state index in [-0.39, 0.29) is 0 Å².